The second-order valence-electron chi connectivity index (χ2n) is 8.36. The number of imide groups is 1. The fraction of sp³-hybridized carbons (Fsp3) is 0.208. The van der Waals surface area contributed by atoms with E-state index in [1.54, 1.807) is 31.5 Å². The van der Waals surface area contributed by atoms with E-state index in [1.807, 2.05) is 0 Å². The summed E-state index contributed by atoms with van der Waals surface area (Å²) in [6.45, 7) is 1.69. The molecule has 10 heteroatoms. The molecule has 5 rings (SSSR count). The van der Waals surface area contributed by atoms with Gasteiger partial charge in [0.2, 0.25) is 11.8 Å². The summed E-state index contributed by atoms with van der Waals surface area (Å²) in [4.78, 5) is 32.5. The molecule has 1 aliphatic heterocycles. The number of ether oxygens (including phenoxy) is 1. The third-order valence-electron chi connectivity index (χ3n) is 6.65. The molecular weight excluding hydrogens is 492 g/mol. The topological polar surface area (TPSA) is 59.5 Å². The summed E-state index contributed by atoms with van der Waals surface area (Å²) in [6.07, 6.45) is -1.75. The summed E-state index contributed by atoms with van der Waals surface area (Å²) >= 11 is 12.2. The molecule has 2 aromatic carbocycles. The van der Waals surface area contributed by atoms with Crippen LogP contribution in [0, 0.1) is 11.3 Å². The predicted octanol–water partition coefficient (Wildman–Crippen LogP) is 5.78. The van der Waals surface area contributed by atoms with Crippen LogP contribution >= 0.6 is 23.2 Å². The number of fused-ring (bicyclic) bond motifs is 1. The molecule has 34 heavy (non-hydrogen) atoms. The van der Waals surface area contributed by atoms with Crippen molar-refractivity contribution in [1.29, 1.82) is 0 Å². The van der Waals surface area contributed by atoms with Gasteiger partial charge in [-0.25, -0.2) is 4.90 Å². The number of rotatable bonds is 4. The van der Waals surface area contributed by atoms with Gasteiger partial charge in [-0.05, 0) is 60.5 Å². The second kappa shape index (κ2) is 7.45. The van der Waals surface area contributed by atoms with Gasteiger partial charge in [0.05, 0.1) is 17.0 Å². The maximum atomic E-state index is 13.7. The van der Waals surface area contributed by atoms with Gasteiger partial charge in [0.25, 0.3) is 0 Å². The Kier molecular flexibility index (Phi) is 4.97. The van der Waals surface area contributed by atoms with Crippen LogP contribution in [0.2, 0.25) is 10.0 Å². The first-order chi connectivity index (χ1) is 16.0. The van der Waals surface area contributed by atoms with Gasteiger partial charge in [0, 0.05) is 27.9 Å². The van der Waals surface area contributed by atoms with Gasteiger partial charge in [-0.1, -0.05) is 35.3 Å². The van der Waals surface area contributed by atoms with Crippen molar-refractivity contribution in [3.8, 4) is 5.75 Å². The monoisotopic (exact) mass is 506 g/mol. The Morgan fingerprint density at radius 3 is 2.00 bits per heavy atom. The normalized spacial score (nSPS) is 25.9. The first-order valence-corrected chi connectivity index (χ1v) is 10.9. The largest absolute Gasteiger partial charge is 0.573 e. The number of carbonyl (C=O) groups excluding carboxylic acids is 2. The molecule has 5 nitrogen and oxygen atoms in total. The molecule has 3 atom stereocenters. The lowest BCUT2D eigenvalue weighted by molar-refractivity contribution is -0.274. The molecular formula is C24H15Cl2F3N2O3. The maximum Gasteiger partial charge on any atom is 0.573 e. The molecule has 2 fully saturated rings. The molecule has 0 spiro atoms. The van der Waals surface area contributed by atoms with Crippen LogP contribution in [0.25, 0.3) is 0 Å². The zero-order valence-corrected chi connectivity index (χ0v) is 18.9. The summed E-state index contributed by atoms with van der Waals surface area (Å²) in [5, 5.41) is 0.545. The van der Waals surface area contributed by atoms with E-state index in [4.69, 9.17) is 23.2 Å². The molecule has 2 heterocycles. The summed E-state index contributed by atoms with van der Waals surface area (Å²) in [7, 11) is 0. The van der Waals surface area contributed by atoms with Crippen LogP contribution in [0.3, 0.4) is 0 Å². The molecule has 0 N–H and O–H groups in total. The average Bonchev–Trinajstić information content (AvgIpc) is 3.28. The quantitative estimate of drug-likeness (QED) is 0.420. The fourth-order valence-corrected chi connectivity index (χ4v) is 5.87. The number of benzene rings is 2. The van der Waals surface area contributed by atoms with Gasteiger partial charge in [-0.2, -0.15) is 0 Å². The van der Waals surface area contributed by atoms with E-state index >= 15 is 0 Å². The number of anilines is 1. The van der Waals surface area contributed by atoms with Crippen molar-refractivity contribution < 1.29 is 27.5 Å². The summed E-state index contributed by atoms with van der Waals surface area (Å²) < 4.78 is 41.8. The number of hydrogen-bond donors (Lipinski definition) is 0. The first kappa shape index (κ1) is 22.7. The van der Waals surface area contributed by atoms with Gasteiger partial charge in [-0.3, -0.25) is 14.6 Å². The van der Waals surface area contributed by atoms with Crippen LogP contribution in [0.5, 0.6) is 5.75 Å². The van der Waals surface area contributed by atoms with Gasteiger partial charge < -0.3 is 4.74 Å². The molecule has 174 valence electrons. The van der Waals surface area contributed by atoms with E-state index in [-0.39, 0.29) is 15.7 Å². The molecule has 2 aliphatic rings. The Balaban J connectivity index is 1.61. The Bertz CT molecular complexity index is 1300. The van der Waals surface area contributed by atoms with E-state index in [1.165, 1.54) is 42.5 Å². The summed E-state index contributed by atoms with van der Waals surface area (Å²) in [5.41, 5.74) is -0.832. The lowest BCUT2D eigenvalue weighted by Gasteiger charge is -2.29. The minimum atomic E-state index is -4.84. The van der Waals surface area contributed by atoms with Gasteiger partial charge in [0.1, 0.15) is 5.75 Å². The van der Waals surface area contributed by atoms with Gasteiger partial charge in [0.15, 0.2) is 0 Å². The highest BCUT2D eigenvalue weighted by Crippen LogP contribution is 2.76. The van der Waals surface area contributed by atoms with Crippen molar-refractivity contribution >= 4 is 40.7 Å². The molecule has 0 bridgehead atoms. The number of aromatic nitrogens is 1. The average molecular weight is 507 g/mol. The number of nitrogens with zero attached hydrogens (tertiary/aromatic N) is 2. The van der Waals surface area contributed by atoms with Crippen molar-refractivity contribution in [3.05, 3.63) is 88.2 Å². The number of alkyl halides is 3. The van der Waals surface area contributed by atoms with E-state index in [2.05, 4.69) is 9.72 Å². The first-order valence-electron chi connectivity index (χ1n) is 10.1. The molecule has 0 radical (unpaired) electrons. The van der Waals surface area contributed by atoms with Crippen molar-refractivity contribution in [3.63, 3.8) is 0 Å². The van der Waals surface area contributed by atoms with E-state index in [0.29, 0.717) is 11.1 Å². The fourth-order valence-electron chi connectivity index (χ4n) is 5.35. The van der Waals surface area contributed by atoms with Crippen molar-refractivity contribution in [2.45, 2.75) is 18.7 Å². The van der Waals surface area contributed by atoms with E-state index in [9.17, 15) is 22.8 Å². The zero-order valence-electron chi connectivity index (χ0n) is 17.4. The Morgan fingerprint density at radius 2 is 1.50 bits per heavy atom. The Labute approximate surface area is 202 Å². The highest BCUT2D eigenvalue weighted by atomic mass is 35.5. The van der Waals surface area contributed by atoms with Crippen LogP contribution < -0.4 is 9.64 Å². The second-order valence-corrected chi connectivity index (χ2v) is 9.23. The third kappa shape index (κ3) is 3.12. The highest BCUT2D eigenvalue weighted by Gasteiger charge is 2.86. The number of carbonyl (C=O) groups is 2. The zero-order chi connectivity index (χ0) is 24.5. The van der Waals surface area contributed by atoms with Crippen molar-refractivity contribution in [1.82, 2.24) is 4.98 Å². The number of pyridine rings is 1. The molecule has 1 saturated carbocycles. The molecule has 2 amide bonds. The number of piperidine rings is 1. The van der Waals surface area contributed by atoms with Crippen LogP contribution in [0.1, 0.15) is 18.1 Å². The van der Waals surface area contributed by atoms with Crippen molar-refractivity contribution in [2.75, 3.05) is 4.90 Å². The SMILES string of the molecule is C[C@@]12C(=O)N(c3cc(Cl)cc(Cl)c3)C(=O)[C@@H]1[C@]2(c1ccncc1)c1ccc(OC(F)(F)F)cc1. The molecule has 0 unspecified atom stereocenters. The number of amides is 2. The standard InChI is InChI=1S/C24H15Cl2F3N2O3/c1-22-19(20(32)31(21(22)33)17-11-15(25)10-16(26)12-17)23(22,14-6-8-30-9-7-14)13-2-4-18(5-3-13)34-24(27,28)29/h2-12,19H,1H3/t19-,22-,23+/m0/s1. The minimum absolute atomic E-state index is 0.262. The molecule has 1 aromatic heterocycles. The third-order valence-corrected chi connectivity index (χ3v) is 7.08. The van der Waals surface area contributed by atoms with E-state index in [0.717, 1.165) is 4.90 Å². The van der Waals surface area contributed by atoms with Crippen molar-refractivity contribution in [2.24, 2.45) is 11.3 Å². The van der Waals surface area contributed by atoms with Gasteiger partial charge in [-0.15, -0.1) is 13.2 Å². The number of halogens is 5. The predicted molar refractivity (Wildman–Crippen MR) is 119 cm³/mol. The molecule has 1 aliphatic carbocycles. The van der Waals surface area contributed by atoms with Crippen LogP contribution in [0.4, 0.5) is 18.9 Å². The molecule has 1 saturated heterocycles. The minimum Gasteiger partial charge on any atom is -0.406 e. The highest BCUT2D eigenvalue weighted by molar-refractivity contribution is 6.36. The van der Waals surface area contributed by atoms with Gasteiger partial charge >= 0.3 is 6.36 Å². The van der Waals surface area contributed by atoms with E-state index < -0.39 is 40.7 Å². The Hall–Kier alpha value is -3.10. The summed E-state index contributed by atoms with van der Waals surface area (Å²) in [6, 6.07) is 13.1. The van der Waals surface area contributed by atoms with Crippen LogP contribution in [0.15, 0.2) is 67.0 Å². The smallest absolute Gasteiger partial charge is 0.406 e. The maximum absolute atomic E-state index is 13.7. The number of hydrogen-bond acceptors (Lipinski definition) is 4. The lowest BCUT2D eigenvalue weighted by atomic mass is 9.79. The molecule has 3 aromatic rings. The van der Waals surface area contributed by atoms with Crippen LogP contribution in [-0.4, -0.2) is 23.2 Å². The lowest BCUT2D eigenvalue weighted by Crippen LogP contribution is -2.42. The summed E-state index contributed by atoms with van der Waals surface area (Å²) in [5.74, 6) is -2.08. The van der Waals surface area contributed by atoms with Crippen LogP contribution in [-0.2, 0) is 15.0 Å². The Morgan fingerprint density at radius 1 is 0.941 bits per heavy atom.